The first kappa shape index (κ1) is 22.7. The van der Waals surface area contributed by atoms with Crippen LogP contribution in [0.4, 0.5) is 11.4 Å². The number of nitrogens with zero attached hydrogens (tertiary/aromatic N) is 5. The molecule has 0 atom stereocenters. The second-order valence-electron chi connectivity index (χ2n) is 7.86. The summed E-state index contributed by atoms with van der Waals surface area (Å²) in [4.78, 5) is 31.2. The standard InChI is InChI=1S/C24H24N6O4/c1-14-7-6-8-18(13-14)30-21(24(32)33-5)19(25-15(2)31)20(27-30)22-26-23(34-28-22)16-9-11-17(12-10-16)29(3)4/h6-13H,1-5H3,(H,25,31). The number of nitrogens with one attached hydrogen (secondary N) is 1. The second-order valence-corrected chi connectivity index (χ2v) is 7.86. The van der Waals surface area contributed by atoms with E-state index in [0.717, 1.165) is 16.8 Å². The monoisotopic (exact) mass is 460 g/mol. The van der Waals surface area contributed by atoms with Crippen LogP contribution in [-0.2, 0) is 9.53 Å². The van der Waals surface area contributed by atoms with Crippen molar-refractivity contribution < 1.29 is 18.8 Å². The molecule has 4 aromatic rings. The molecule has 10 heteroatoms. The summed E-state index contributed by atoms with van der Waals surface area (Å²) in [7, 11) is 5.16. The molecule has 2 aromatic carbocycles. The molecule has 1 amide bonds. The molecule has 0 saturated heterocycles. The van der Waals surface area contributed by atoms with Crippen LogP contribution >= 0.6 is 0 Å². The van der Waals surface area contributed by atoms with Crippen molar-refractivity contribution in [1.29, 1.82) is 0 Å². The van der Waals surface area contributed by atoms with Gasteiger partial charge in [-0.2, -0.15) is 10.1 Å². The molecule has 0 fully saturated rings. The molecule has 0 aliphatic carbocycles. The predicted molar refractivity (Wildman–Crippen MR) is 127 cm³/mol. The molecule has 0 spiro atoms. The van der Waals surface area contributed by atoms with Crippen LogP contribution in [0.1, 0.15) is 23.0 Å². The Bertz CT molecular complexity index is 1350. The van der Waals surface area contributed by atoms with Crippen molar-refractivity contribution >= 4 is 23.3 Å². The molecule has 174 valence electrons. The number of rotatable bonds is 6. The summed E-state index contributed by atoms with van der Waals surface area (Å²) in [5.41, 5.74) is 3.68. The lowest BCUT2D eigenvalue weighted by Crippen LogP contribution is -2.15. The minimum Gasteiger partial charge on any atom is -0.464 e. The fourth-order valence-electron chi connectivity index (χ4n) is 3.44. The Morgan fingerprint density at radius 3 is 2.47 bits per heavy atom. The zero-order valence-electron chi connectivity index (χ0n) is 19.5. The van der Waals surface area contributed by atoms with Gasteiger partial charge in [-0.25, -0.2) is 9.48 Å². The SMILES string of the molecule is COC(=O)c1c(NC(C)=O)c(-c2noc(-c3ccc(N(C)C)cc3)n2)nn1-c1cccc(C)c1. The quantitative estimate of drug-likeness (QED) is 0.433. The molecule has 10 nitrogen and oxygen atoms in total. The van der Waals surface area contributed by atoms with Crippen molar-refractivity contribution in [2.75, 3.05) is 31.4 Å². The zero-order valence-corrected chi connectivity index (χ0v) is 19.5. The molecule has 34 heavy (non-hydrogen) atoms. The van der Waals surface area contributed by atoms with Gasteiger partial charge in [0.2, 0.25) is 11.7 Å². The van der Waals surface area contributed by atoms with Crippen LogP contribution in [-0.4, -0.2) is 53.0 Å². The highest BCUT2D eigenvalue weighted by Gasteiger charge is 2.29. The third kappa shape index (κ3) is 4.38. The van der Waals surface area contributed by atoms with Crippen molar-refractivity contribution in [3.05, 3.63) is 59.8 Å². The van der Waals surface area contributed by atoms with Gasteiger partial charge in [-0.3, -0.25) is 4.79 Å². The Morgan fingerprint density at radius 1 is 1.12 bits per heavy atom. The lowest BCUT2D eigenvalue weighted by Gasteiger charge is -2.11. The van der Waals surface area contributed by atoms with E-state index in [1.165, 1.54) is 18.7 Å². The Balaban J connectivity index is 1.86. The summed E-state index contributed by atoms with van der Waals surface area (Å²) in [5, 5.41) is 11.3. The average Bonchev–Trinajstić information content (AvgIpc) is 3.43. The van der Waals surface area contributed by atoms with Crippen LogP contribution in [0.2, 0.25) is 0 Å². The van der Waals surface area contributed by atoms with E-state index >= 15 is 0 Å². The Kier molecular flexibility index (Phi) is 6.13. The first-order valence-electron chi connectivity index (χ1n) is 10.5. The maximum Gasteiger partial charge on any atom is 0.359 e. The summed E-state index contributed by atoms with van der Waals surface area (Å²) in [6, 6.07) is 15.0. The number of carbonyl (C=O) groups is 2. The van der Waals surface area contributed by atoms with E-state index in [9.17, 15) is 9.59 Å². The maximum absolute atomic E-state index is 12.8. The van der Waals surface area contributed by atoms with Gasteiger partial charge >= 0.3 is 5.97 Å². The van der Waals surface area contributed by atoms with Crippen LogP contribution < -0.4 is 10.2 Å². The Labute approximate surface area is 196 Å². The number of hydrogen-bond acceptors (Lipinski definition) is 8. The molecule has 0 aliphatic rings. The van der Waals surface area contributed by atoms with Gasteiger partial charge < -0.3 is 19.5 Å². The molecule has 1 N–H and O–H groups in total. The van der Waals surface area contributed by atoms with Crippen LogP contribution in [0, 0.1) is 6.92 Å². The van der Waals surface area contributed by atoms with E-state index in [4.69, 9.17) is 9.26 Å². The van der Waals surface area contributed by atoms with Gasteiger partial charge in [0.05, 0.1) is 12.8 Å². The highest BCUT2D eigenvalue weighted by Crippen LogP contribution is 2.33. The minimum atomic E-state index is -0.674. The lowest BCUT2D eigenvalue weighted by atomic mass is 10.2. The number of aromatic nitrogens is 4. The minimum absolute atomic E-state index is 0.0417. The first-order valence-corrected chi connectivity index (χ1v) is 10.5. The number of ether oxygens (including phenoxy) is 1. The maximum atomic E-state index is 12.8. The zero-order chi connectivity index (χ0) is 24.4. The topological polar surface area (TPSA) is 115 Å². The molecule has 0 saturated carbocycles. The van der Waals surface area contributed by atoms with E-state index in [-0.39, 0.29) is 28.8 Å². The molecule has 0 bridgehead atoms. The van der Waals surface area contributed by atoms with Gasteiger partial charge in [0.1, 0.15) is 5.69 Å². The van der Waals surface area contributed by atoms with Gasteiger partial charge in [0, 0.05) is 32.3 Å². The fourth-order valence-corrected chi connectivity index (χ4v) is 3.44. The van der Waals surface area contributed by atoms with Crippen molar-refractivity contribution in [2.24, 2.45) is 0 Å². The molecular weight excluding hydrogens is 436 g/mol. The first-order chi connectivity index (χ1) is 16.3. The summed E-state index contributed by atoms with van der Waals surface area (Å²) in [5.74, 6) is -0.670. The number of carbonyl (C=O) groups excluding carboxylic acids is 2. The Morgan fingerprint density at radius 2 is 1.85 bits per heavy atom. The largest absolute Gasteiger partial charge is 0.464 e. The molecule has 0 aliphatic heterocycles. The van der Waals surface area contributed by atoms with E-state index in [1.54, 1.807) is 6.07 Å². The Hall–Kier alpha value is -4.47. The smallest absolute Gasteiger partial charge is 0.359 e. The van der Waals surface area contributed by atoms with E-state index in [2.05, 4.69) is 20.6 Å². The number of aryl methyl sites for hydroxylation is 1. The number of hydrogen-bond donors (Lipinski definition) is 1. The lowest BCUT2D eigenvalue weighted by molar-refractivity contribution is -0.114. The van der Waals surface area contributed by atoms with E-state index < -0.39 is 11.9 Å². The number of esters is 1. The second kappa shape index (κ2) is 9.18. The van der Waals surface area contributed by atoms with Gasteiger partial charge in [-0.15, -0.1) is 0 Å². The average molecular weight is 460 g/mol. The number of anilines is 2. The van der Waals surface area contributed by atoms with Crippen molar-refractivity contribution in [2.45, 2.75) is 13.8 Å². The van der Waals surface area contributed by atoms with Crippen molar-refractivity contribution in [3.63, 3.8) is 0 Å². The normalized spacial score (nSPS) is 10.7. The molecule has 0 unspecified atom stereocenters. The molecule has 2 aromatic heterocycles. The molecule has 4 rings (SSSR count). The van der Waals surface area contributed by atoms with Crippen LogP contribution in [0.3, 0.4) is 0 Å². The van der Waals surface area contributed by atoms with Gasteiger partial charge in [0.15, 0.2) is 11.4 Å². The van der Waals surface area contributed by atoms with Gasteiger partial charge in [-0.05, 0) is 48.9 Å². The van der Waals surface area contributed by atoms with E-state index in [0.29, 0.717) is 5.69 Å². The number of benzene rings is 2. The predicted octanol–water partition coefficient (Wildman–Crippen LogP) is 3.71. The van der Waals surface area contributed by atoms with Crippen LogP contribution in [0.25, 0.3) is 28.7 Å². The van der Waals surface area contributed by atoms with Gasteiger partial charge in [-0.1, -0.05) is 17.3 Å². The summed E-state index contributed by atoms with van der Waals surface area (Å²) in [6.07, 6.45) is 0. The van der Waals surface area contributed by atoms with Crippen molar-refractivity contribution in [1.82, 2.24) is 19.9 Å². The fraction of sp³-hybridized carbons (Fsp3) is 0.208. The van der Waals surface area contributed by atoms with E-state index in [1.807, 2.05) is 68.4 Å². The number of amides is 1. The summed E-state index contributed by atoms with van der Waals surface area (Å²) >= 11 is 0. The molecular formula is C24H24N6O4. The number of methoxy groups -OCH3 is 1. The van der Waals surface area contributed by atoms with Gasteiger partial charge in [0.25, 0.3) is 5.89 Å². The summed E-state index contributed by atoms with van der Waals surface area (Å²) in [6.45, 7) is 3.26. The third-order valence-electron chi connectivity index (χ3n) is 5.08. The van der Waals surface area contributed by atoms with Crippen LogP contribution in [0.5, 0.6) is 0 Å². The molecule has 0 radical (unpaired) electrons. The van der Waals surface area contributed by atoms with Crippen molar-refractivity contribution in [3.8, 4) is 28.7 Å². The summed E-state index contributed by atoms with van der Waals surface area (Å²) < 4.78 is 11.9. The molecule has 2 heterocycles. The van der Waals surface area contributed by atoms with Crippen LogP contribution in [0.15, 0.2) is 53.1 Å². The third-order valence-corrected chi connectivity index (χ3v) is 5.08. The highest BCUT2D eigenvalue weighted by atomic mass is 16.5. The highest BCUT2D eigenvalue weighted by molar-refractivity contribution is 6.03.